The molecule has 0 aliphatic rings. The quantitative estimate of drug-likeness (QED) is 0.401. The maximum Gasteiger partial charge on any atom is 0.254 e. The van der Waals surface area contributed by atoms with Gasteiger partial charge in [0.2, 0.25) is 11.7 Å². The van der Waals surface area contributed by atoms with Gasteiger partial charge in [-0.2, -0.15) is 4.98 Å². The van der Waals surface area contributed by atoms with Crippen molar-refractivity contribution < 1.29 is 9.32 Å². The maximum absolute atomic E-state index is 13.3. The van der Waals surface area contributed by atoms with Crippen LogP contribution < -0.4 is 0 Å². The number of benzene rings is 3. The fraction of sp³-hybridized carbons (Fsp3) is 0.192. The van der Waals surface area contributed by atoms with E-state index in [4.69, 9.17) is 4.52 Å². The predicted molar refractivity (Wildman–Crippen MR) is 120 cm³/mol. The lowest BCUT2D eigenvalue weighted by atomic mass is 9.99. The van der Waals surface area contributed by atoms with E-state index in [1.807, 2.05) is 79.7 Å². The molecule has 3 aromatic carbocycles. The largest absolute Gasteiger partial charge is 0.337 e. The highest BCUT2D eigenvalue weighted by Crippen LogP contribution is 2.18. The number of nitrogens with zero attached hydrogens (tertiary/aromatic N) is 3. The summed E-state index contributed by atoms with van der Waals surface area (Å²) in [4.78, 5) is 19.5. The summed E-state index contributed by atoms with van der Waals surface area (Å²) in [6.45, 7) is 2.79. The topological polar surface area (TPSA) is 59.2 Å². The summed E-state index contributed by atoms with van der Waals surface area (Å²) < 4.78 is 5.42. The van der Waals surface area contributed by atoms with Crippen molar-refractivity contribution in [2.75, 3.05) is 6.54 Å². The van der Waals surface area contributed by atoms with E-state index >= 15 is 0 Å². The van der Waals surface area contributed by atoms with E-state index in [9.17, 15) is 4.79 Å². The van der Waals surface area contributed by atoms with E-state index in [1.54, 1.807) is 4.90 Å². The zero-order valence-corrected chi connectivity index (χ0v) is 17.6. The standard InChI is InChI=1S/C26H25N3O2/c1-2-29(19-24-27-25(28-31-24)22-14-7-4-8-15-22)26(30)23-16-10-9-13-21(23)18-17-20-11-5-3-6-12-20/h3-16H,2,17-19H2,1H3. The van der Waals surface area contributed by atoms with Gasteiger partial charge in [0.1, 0.15) is 6.54 Å². The molecule has 0 N–H and O–H groups in total. The molecule has 0 bridgehead atoms. The summed E-state index contributed by atoms with van der Waals surface area (Å²) in [6.07, 6.45) is 1.70. The normalized spacial score (nSPS) is 10.7. The smallest absolute Gasteiger partial charge is 0.254 e. The first kappa shape index (κ1) is 20.5. The highest BCUT2D eigenvalue weighted by atomic mass is 16.5. The lowest BCUT2D eigenvalue weighted by molar-refractivity contribution is 0.0733. The molecule has 4 rings (SSSR count). The number of carbonyl (C=O) groups excluding carboxylic acids is 1. The SMILES string of the molecule is CCN(Cc1nc(-c2ccccc2)no1)C(=O)c1ccccc1CCc1ccccc1. The van der Waals surface area contributed by atoms with Crippen molar-refractivity contribution in [3.63, 3.8) is 0 Å². The number of hydrogen-bond acceptors (Lipinski definition) is 4. The Balaban J connectivity index is 1.48. The van der Waals surface area contributed by atoms with Gasteiger partial charge in [-0.1, -0.05) is 84.0 Å². The number of rotatable bonds is 8. The molecule has 5 nitrogen and oxygen atoms in total. The van der Waals surface area contributed by atoms with Crippen molar-refractivity contribution in [1.29, 1.82) is 0 Å². The summed E-state index contributed by atoms with van der Waals surface area (Å²) >= 11 is 0. The third-order valence-electron chi connectivity index (χ3n) is 5.27. The molecule has 156 valence electrons. The minimum Gasteiger partial charge on any atom is -0.337 e. The molecule has 0 aliphatic heterocycles. The van der Waals surface area contributed by atoms with Gasteiger partial charge in [0.25, 0.3) is 5.91 Å². The summed E-state index contributed by atoms with van der Waals surface area (Å²) in [5.41, 5.74) is 3.92. The fourth-order valence-electron chi connectivity index (χ4n) is 3.56. The molecule has 5 heteroatoms. The molecule has 0 saturated carbocycles. The number of carbonyl (C=O) groups is 1. The first-order valence-electron chi connectivity index (χ1n) is 10.5. The molecule has 1 heterocycles. The Morgan fingerprint density at radius 2 is 1.55 bits per heavy atom. The van der Waals surface area contributed by atoms with E-state index in [2.05, 4.69) is 22.3 Å². The van der Waals surface area contributed by atoms with E-state index in [1.165, 1.54) is 5.56 Å². The van der Waals surface area contributed by atoms with Crippen molar-refractivity contribution >= 4 is 5.91 Å². The molecule has 0 spiro atoms. The Morgan fingerprint density at radius 3 is 2.29 bits per heavy atom. The molecular weight excluding hydrogens is 386 g/mol. The Labute approximate surface area is 182 Å². The second-order valence-electron chi connectivity index (χ2n) is 7.34. The van der Waals surface area contributed by atoms with Gasteiger partial charge in [0.05, 0.1) is 0 Å². The van der Waals surface area contributed by atoms with Gasteiger partial charge in [-0.05, 0) is 37.0 Å². The van der Waals surface area contributed by atoms with Crippen LogP contribution in [0.1, 0.15) is 34.3 Å². The molecule has 0 atom stereocenters. The van der Waals surface area contributed by atoms with Crippen LogP contribution in [0.3, 0.4) is 0 Å². The second kappa shape index (κ2) is 9.85. The van der Waals surface area contributed by atoms with E-state index in [0.717, 1.165) is 29.5 Å². The van der Waals surface area contributed by atoms with Crippen LogP contribution in [-0.4, -0.2) is 27.5 Å². The predicted octanol–water partition coefficient (Wildman–Crippen LogP) is 5.18. The average molecular weight is 412 g/mol. The molecule has 31 heavy (non-hydrogen) atoms. The van der Waals surface area contributed by atoms with Gasteiger partial charge >= 0.3 is 0 Å². The molecule has 0 unspecified atom stereocenters. The van der Waals surface area contributed by atoms with E-state index in [-0.39, 0.29) is 12.5 Å². The number of aryl methyl sites for hydroxylation is 2. The number of aromatic nitrogens is 2. The Kier molecular flexibility index (Phi) is 6.53. The molecule has 0 radical (unpaired) electrons. The second-order valence-corrected chi connectivity index (χ2v) is 7.34. The van der Waals surface area contributed by atoms with Crippen molar-refractivity contribution in [1.82, 2.24) is 15.0 Å². The molecule has 4 aromatic rings. The monoisotopic (exact) mass is 411 g/mol. The third-order valence-corrected chi connectivity index (χ3v) is 5.27. The number of hydrogen-bond donors (Lipinski definition) is 0. The van der Waals surface area contributed by atoms with Crippen LogP contribution in [0.5, 0.6) is 0 Å². The first-order chi connectivity index (χ1) is 15.2. The average Bonchev–Trinajstić information content (AvgIpc) is 3.31. The minimum atomic E-state index is -0.0226. The minimum absolute atomic E-state index is 0.0226. The summed E-state index contributed by atoms with van der Waals surface area (Å²) in [5, 5.41) is 4.06. The van der Waals surface area contributed by atoms with Crippen LogP contribution in [-0.2, 0) is 19.4 Å². The first-order valence-corrected chi connectivity index (χ1v) is 10.5. The Hall–Kier alpha value is -3.73. The van der Waals surface area contributed by atoms with Crippen LogP contribution in [0.2, 0.25) is 0 Å². The number of amides is 1. The van der Waals surface area contributed by atoms with Crippen molar-refractivity contribution in [2.45, 2.75) is 26.3 Å². The van der Waals surface area contributed by atoms with Crippen LogP contribution >= 0.6 is 0 Å². The van der Waals surface area contributed by atoms with Crippen molar-refractivity contribution in [2.24, 2.45) is 0 Å². The van der Waals surface area contributed by atoms with Gasteiger partial charge in [0.15, 0.2) is 0 Å². The van der Waals surface area contributed by atoms with E-state index in [0.29, 0.717) is 18.3 Å². The highest BCUT2D eigenvalue weighted by molar-refractivity contribution is 5.95. The Morgan fingerprint density at radius 1 is 0.871 bits per heavy atom. The van der Waals surface area contributed by atoms with Gasteiger partial charge in [-0.15, -0.1) is 0 Å². The molecule has 0 saturated heterocycles. The van der Waals surface area contributed by atoms with Gasteiger partial charge in [-0.25, -0.2) is 0 Å². The van der Waals surface area contributed by atoms with Crippen LogP contribution in [0.15, 0.2) is 89.5 Å². The van der Waals surface area contributed by atoms with Crippen LogP contribution in [0.4, 0.5) is 0 Å². The van der Waals surface area contributed by atoms with Crippen LogP contribution in [0, 0.1) is 0 Å². The van der Waals surface area contributed by atoms with Gasteiger partial charge < -0.3 is 9.42 Å². The van der Waals surface area contributed by atoms with Gasteiger partial charge in [-0.3, -0.25) is 4.79 Å². The summed E-state index contributed by atoms with van der Waals surface area (Å²) in [5.74, 6) is 0.934. The molecule has 1 aromatic heterocycles. The van der Waals surface area contributed by atoms with Gasteiger partial charge in [0, 0.05) is 17.7 Å². The van der Waals surface area contributed by atoms with E-state index < -0.39 is 0 Å². The molecule has 0 aliphatic carbocycles. The zero-order chi connectivity index (χ0) is 21.5. The van der Waals surface area contributed by atoms with Crippen LogP contribution in [0.25, 0.3) is 11.4 Å². The lowest BCUT2D eigenvalue weighted by Gasteiger charge is -2.20. The maximum atomic E-state index is 13.3. The molecule has 0 fully saturated rings. The lowest BCUT2D eigenvalue weighted by Crippen LogP contribution is -2.31. The molecule has 1 amide bonds. The van der Waals surface area contributed by atoms with Crippen molar-refractivity contribution in [3.8, 4) is 11.4 Å². The summed E-state index contributed by atoms with van der Waals surface area (Å²) in [6, 6.07) is 27.8. The zero-order valence-electron chi connectivity index (χ0n) is 17.6. The molecular formula is C26H25N3O2. The van der Waals surface area contributed by atoms with Crippen molar-refractivity contribution in [3.05, 3.63) is 108 Å². The highest BCUT2D eigenvalue weighted by Gasteiger charge is 2.20. The fourth-order valence-corrected chi connectivity index (χ4v) is 3.56. The summed E-state index contributed by atoms with van der Waals surface area (Å²) in [7, 11) is 0. The third kappa shape index (κ3) is 5.07. The Bertz CT molecular complexity index is 1120.